The minimum atomic E-state index is -1.21. The van der Waals surface area contributed by atoms with Gasteiger partial charge in [0.1, 0.15) is 11.4 Å². The van der Waals surface area contributed by atoms with Crippen molar-refractivity contribution in [2.45, 2.75) is 31.7 Å². The van der Waals surface area contributed by atoms with E-state index in [0.29, 0.717) is 13.0 Å². The largest absolute Gasteiger partial charge is 0.480 e. The topological polar surface area (TPSA) is 57.6 Å². The highest BCUT2D eigenvalue weighted by Gasteiger charge is 2.44. The first kappa shape index (κ1) is 13.5. The average Bonchev–Trinajstić information content (AvgIpc) is 2.38. The number of amides is 1. The molecule has 102 valence electrons. The second-order valence-electron chi connectivity index (χ2n) is 5.00. The maximum absolute atomic E-state index is 13.2. The summed E-state index contributed by atoms with van der Waals surface area (Å²) in [5.41, 5.74) is -1.02. The van der Waals surface area contributed by atoms with Crippen LogP contribution in [-0.2, 0) is 4.79 Å². The van der Waals surface area contributed by atoms with Gasteiger partial charge in [-0.3, -0.25) is 4.79 Å². The van der Waals surface area contributed by atoms with Crippen LogP contribution in [0.2, 0.25) is 0 Å². The van der Waals surface area contributed by atoms with E-state index in [1.165, 1.54) is 23.1 Å². The van der Waals surface area contributed by atoms with Gasteiger partial charge in [-0.15, -0.1) is 0 Å². The number of carbonyl (C=O) groups excluding carboxylic acids is 1. The lowest BCUT2D eigenvalue weighted by atomic mass is 9.88. The van der Waals surface area contributed by atoms with Crippen LogP contribution in [0.4, 0.5) is 4.39 Å². The zero-order valence-electron chi connectivity index (χ0n) is 10.7. The first-order chi connectivity index (χ1) is 8.95. The van der Waals surface area contributed by atoms with Crippen molar-refractivity contribution in [1.29, 1.82) is 0 Å². The Morgan fingerprint density at radius 3 is 2.74 bits per heavy atom. The zero-order valence-corrected chi connectivity index (χ0v) is 10.7. The summed E-state index contributed by atoms with van der Waals surface area (Å²) in [6.07, 6.45) is 1.96. The van der Waals surface area contributed by atoms with Crippen molar-refractivity contribution in [3.63, 3.8) is 0 Å². The Bertz CT molecular complexity index is 517. The highest BCUT2D eigenvalue weighted by atomic mass is 19.1. The van der Waals surface area contributed by atoms with Gasteiger partial charge < -0.3 is 10.0 Å². The molecule has 0 aliphatic carbocycles. The van der Waals surface area contributed by atoms with Gasteiger partial charge in [0.05, 0.1) is 0 Å². The number of hydrogen-bond acceptors (Lipinski definition) is 2. The van der Waals surface area contributed by atoms with Crippen LogP contribution in [0.25, 0.3) is 0 Å². The number of aliphatic carboxylic acids is 1. The summed E-state index contributed by atoms with van der Waals surface area (Å²) >= 11 is 0. The number of piperidine rings is 1. The molecular weight excluding hydrogens is 249 g/mol. The number of carboxylic acids is 1. The molecule has 5 heteroatoms. The second kappa shape index (κ2) is 4.99. The van der Waals surface area contributed by atoms with Gasteiger partial charge in [-0.2, -0.15) is 0 Å². The van der Waals surface area contributed by atoms with E-state index in [-0.39, 0.29) is 5.56 Å². The molecule has 19 heavy (non-hydrogen) atoms. The molecule has 0 saturated carbocycles. The first-order valence-corrected chi connectivity index (χ1v) is 6.26. The molecule has 0 bridgehead atoms. The third-order valence-corrected chi connectivity index (χ3v) is 3.67. The fraction of sp³-hybridized carbons (Fsp3) is 0.429. The third kappa shape index (κ3) is 2.45. The quantitative estimate of drug-likeness (QED) is 0.892. The van der Waals surface area contributed by atoms with Crippen LogP contribution in [0.5, 0.6) is 0 Å². The Labute approximate surface area is 110 Å². The molecule has 1 N–H and O–H groups in total. The zero-order chi connectivity index (χ0) is 14.0. The number of carbonyl (C=O) groups is 2. The maximum Gasteiger partial charge on any atom is 0.329 e. The summed E-state index contributed by atoms with van der Waals surface area (Å²) < 4.78 is 13.2. The number of hydrogen-bond donors (Lipinski definition) is 1. The van der Waals surface area contributed by atoms with E-state index in [9.17, 15) is 19.1 Å². The van der Waals surface area contributed by atoms with Crippen molar-refractivity contribution in [2.75, 3.05) is 6.54 Å². The van der Waals surface area contributed by atoms with Crippen LogP contribution < -0.4 is 0 Å². The van der Waals surface area contributed by atoms with E-state index in [1.807, 2.05) is 0 Å². The normalized spacial score (nSPS) is 23.2. The Morgan fingerprint density at radius 2 is 2.11 bits per heavy atom. The number of benzene rings is 1. The van der Waals surface area contributed by atoms with Crippen LogP contribution in [0.1, 0.15) is 36.5 Å². The monoisotopic (exact) mass is 265 g/mol. The fourth-order valence-electron chi connectivity index (χ4n) is 2.45. The van der Waals surface area contributed by atoms with Gasteiger partial charge >= 0.3 is 5.97 Å². The van der Waals surface area contributed by atoms with E-state index in [1.54, 1.807) is 6.92 Å². The summed E-state index contributed by atoms with van der Waals surface area (Å²) in [4.78, 5) is 25.1. The van der Waals surface area contributed by atoms with Crippen molar-refractivity contribution in [3.05, 3.63) is 35.6 Å². The van der Waals surface area contributed by atoms with E-state index in [2.05, 4.69) is 0 Å². The van der Waals surface area contributed by atoms with E-state index in [0.717, 1.165) is 18.9 Å². The summed E-state index contributed by atoms with van der Waals surface area (Å²) in [5.74, 6) is -1.94. The summed E-state index contributed by atoms with van der Waals surface area (Å²) in [5, 5.41) is 9.35. The van der Waals surface area contributed by atoms with Gasteiger partial charge in [-0.05, 0) is 44.4 Å². The molecule has 1 fully saturated rings. The molecule has 1 saturated heterocycles. The number of carboxylic acid groups (broad SMARTS) is 1. The molecule has 1 aromatic rings. The average molecular weight is 265 g/mol. The minimum Gasteiger partial charge on any atom is -0.480 e. The Kier molecular flexibility index (Phi) is 3.55. The summed E-state index contributed by atoms with van der Waals surface area (Å²) in [6.45, 7) is 1.93. The van der Waals surface area contributed by atoms with Gasteiger partial charge in [-0.1, -0.05) is 6.07 Å². The van der Waals surface area contributed by atoms with Gasteiger partial charge in [0, 0.05) is 12.1 Å². The van der Waals surface area contributed by atoms with Crippen LogP contribution in [0, 0.1) is 5.82 Å². The van der Waals surface area contributed by atoms with Crippen molar-refractivity contribution >= 4 is 11.9 Å². The van der Waals surface area contributed by atoms with Crippen molar-refractivity contribution in [1.82, 2.24) is 4.90 Å². The molecule has 1 atom stereocenters. The fourth-order valence-corrected chi connectivity index (χ4v) is 2.45. The second-order valence-corrected chi connectivity index (χ2v) is 5.00. The lowest BCUT2D eigenvalue weighted by Gasteiger charge is -2.41. The van der Waals surface area contributed by atoms with Crippen molar-refractivity contribution < 1.29 is 19.1 Å². The van der Waals surface area contributed by atoms with Crippen LogP contribution >= 0.6 is 0 Å². The molecule has 1 heterocycles. The van der Waals surface area contributed by atoms with Crippen molar-refractivity contribution in [3.8, 4) is 0 Å². The molecule has 0 aromatic heterocycles. The smallest absolute Gasteiger partial charge is 0.329 e. The number of rotatable bonds is 2. The van der Waals surface area contributed by atoms with Crippen LogP contribution in [0.3, 0.4) is 0 Å². The van der Waals surface area contributed by atoms with Gasteiger partial charge in [-0.25, -0.2) is 9.18 Å². The molecule has 1 aliphatic rings. The molecular formula is C14H16FNO3. The summed E-state index contributed by atoms with van der Waals surface area (Å²) in [7, 11) is 0. The summed E-state index contributed by atoms with van der Waals surface area (Å²) in [6, 6.07) is 5.34. The molecule has 1 aliphatic heterocycles. The van der Waals surface area contributed by atoms with E-state index < -0.39 is 23.2 Å². The molecule has 1 amide bonds. The third-order valence-electron chi connectivity index (χ3n) is 3.67. The lowest BCUT2D eigenvalue weighted by Crippen LogP contribution is -2.57. The van der Waals surface area contributed by atoms with Gasteiger partial charge in [0.15, 0.2) is 0 Å². The SMILES string of the molecule is CC1(C(=O)O)CCCCN1C(=O)c1cccc(F)c1. The van der Waals surface area contributed by atoms with Crippen molar-refractivity contribution in [2.24, 2.45) is 0 Å². The van der Waals surface area contributed by atoms with E-state index >= 15 is 0 Å². The lowest BCUT2D eigenvalue weighted by molar-refractivity contribution is -0.150. The highest BCUT2D eigenvalue weighted by Crippen LogP contribution is 2.29. The molecule has 1 unspecified atom stereocenters. The first-order valence-electron chi connectivity index (χ1n) is 6.26. The molecule has 2 rings (SSSR count). The molecule has 4 nitrogen and oxygen atoms in total. The minimum absolute atomic E-state index is 0.189. The molecule has 0 spiro atoms. The predicted molar refractivity (Wildman–Crippen MR) is 67.3 cm³/mol. The maximum atomic E-state index is 13.2. The number of halogens is 1. The number of nitrogens with zero attached hydrogens (tertiary/aromatic N) is 1. The molecule has 0 radical (unpaired) electrons. The van der Waals surface area contributed by atoms with Gasteiger partial charge in [0.25, 0.3) is 5.91 Å². The Balaban J connectivity index is 2.33. The van der Waals surface area contributed by atoms with Gasteiger partial charge in [0.2, 0.25) is 0 Å². The van der Waals surface area contributed by atoms with Crippen LogP contribution in [-0.4, -0.2) is 34.0 Å². The molecule has 1 aromatic carbocycles. The Morgan fingerprint density at radius 1 is 1.37 bits per heavy atom. The Hall–Kier alpha value is -1.91. The van der Waals surface area contributed by atoms with E-state index in [4.69, 9.17) is 0 Å². The highest BCUT2D eigenvalue weighted by molar-refractivity contribution is 5.97. The predicted octanol–water partition coefficient (Wildman–Crippen LogP) is 2.30. The number of likely N-dealkylation sites (tertiary alicyclic amines) is 1. The van der Waals surface area contributed by atoms with Crippen LogP contribution in [0.15, 0.2) is 24.3 Å². The standard InChI is InChI=1S/C14H16FNO3/c1-14(13(18)19)7-2-3-8-16(14)12(17)10-5-4-6-11(15)9-10/h4-6,9H,2-3,7-8H2,1H3,(H,18,19).